The van der Waals surface area contributed by atoms with Crippen LogP contribution in [0.5, 0.6) is 0 Å². The highest BCUT2D eigenvalue weighted by Gasteiger charge is 2.23. The monoisotopic (exact) mass is 304 g/mol. The smallest absolute Gasteiger partial charge is 0.123 e. The average molecular weight is 304 g/mol. The summed E-state index contributed by atoms with van der Waals surface area (Å²) >= 11 is 1.80. The molecule has 4 heteroatoms. The van der Waals surface area contributed by atoms with Crippen molar-refractivity contribution >= 4 is 11.3 Å². The molecule has 1 aliphatic carbocycles. The van der Waals surface area contributed by atoms with Gasteiger partial charge >= 0.3 is 0 Å². The zero-order valence-electron chi connectivity index (χ0n) is 12.4. The van der Waals surface area contributed by atoms with Crippen LogP contribution in [-0.4, -0.2) is 11.5 Å². The van der Waals surface area contributed by atoms with E-state index in [1.807, 2.05) is 6.07 Å². The third-order valence-corrected chi connectivity index (χ3v) is 5.09. The number of thiazole rings is 1. The van der Waals surface area contributed by atoms with Crippen LogP contribution in [0.1, 0.15) is 53.4 Å². The van der Waals surface area contributed by atoms with Crippen LogP contribution in [0.25, 0.3) is 0 Å². The number of halogens is 1. The molecule has 0 saturated carbocycles. The maximum atomic E-state index is 13.3. The lowest BCUT2D eigenvalue weighted by Crippen LogP contribution is -2.24. The minimum atomic E-state index is -0.170. The number of rotatable bonds is 5. The molecule has 2 aromatic rings. The van der Waals surface area contributed by atoms with Crippen LogP contribution in [0.15, 0.2) is 24.3 Å². The van der Waals surface area contributed by atoms with Gasteiger partial charge in [0.2, 0.25) is 0 Å². The third kappa shape index (κ3) is 3.50. The van der Waals surface area contributed by atoms with Gasteiger partial charge in [-0.25, -0.2) is 9.37 Å². The molecule has 2 nitrogen and oxygen atoms in total. The van der Waals surface area contributed by atoms with E-state index in [1.165, 1.54) is 29.5 Å². The maximum Gasteiger partial charge on any atom is 0.123 e. The molecule has 0 amide bonds. The Balaban J connectivity index is 1.78. The van der Waals surface area contributed by atoms with Gasteiger partial charge in [0.05, 0.1) is 10.7 Å². The van der Waals surface area contributed by atoms with Crippen molar-refractivity contribution in [2.24, 2.45) is 0 Å². The molecule has 1 aliphatic rings. The summed E-state index contributed by atoms with van der Waals surface area (Å²) in [4.78, 5) is 6.19. The van der Waals surface area contributed by atoms with Gasteiger partial charge in [-0.05, 0) is 49.9 Å². The van der Waals surface area contributed by atoms with Gasteiger partial charge in [0.15, 0.2) is 0 Å². The fourth-order valence-corrected chi connectivity index (χ4v) is 4.14. The van der Waals surface area contributed by atoms with Crippen LogP contribution < -0.4 is 5.32 Å². The number of hydrogen-bond donors (Lipinski definition) is 1. The normalized spacial score (nSPS) is 17.7. The van der Waals surface area contributed by atoms with E-state index in [9.17, 15) is 4.39 Å². The summed E-state index contributed by atoms with van der Waals surface area (Å²) < 4.78 is 13.3. The van der Waals surface area contributed by atoms with E-state index in [4.69, 9.17) is 4.98 Å². The molecule has 1 N–H and O–H groups in total. The van der Waals surface area contributed by atoms with Crippen LogP contribution in [-0.2, 0) is 12.8 Å². The summed E-state index contributed by atoms with van der Waals surface area (Å²) in [6.45, 7) is 3.25. The van der Waals surface area contributed by atoms with E-state index < -0.39 is 0 Å². The third-order valence-electron chi connectivity index (χ3n) is 3.88. The predicted molar refractivity (Wildman–Crippen MR) is 85.3 cm³/mol. The van der Waals surface area contributed by atoms with Crippen LogP contribution in [0, 0.1) is 5.82 Å². The van der Waals surface area contributed by atoms with Crippen molar-refractivity contribution in [2.75, 3.05) is 6.54 Å². The number of benzene rings is 1. The van der Waals surface area contributed by atoms with E-state index in [2.05, 4.69) is 12.2 Å². The van der Waals surface area contributed by atoms with E-state index in [0.29, 0.717) is 6.04 Å². The van der Waals surface area contributed by atoms with Gasteiger partial charge in [-0.15, -0.1) is 11.3 Å². The first kappa shape index (κ1) is 14.7. The highest BCUT2D eigenvalue weighted by molar-refractivity contribution is 7.11. The van der Waals surface area contributed by atoms with E-state index in [0.717, 1.165) is 36.4 Å². The summed E-state index contributed by atoms with van der Waals surface area (Å²) in [6, 6.07) is 7.29. The molecule has 3 rings (SSSR count). The van der Waals surface area contributed by atoms with Gasteiger partial charge in [0, 0.05) is 17.3 Å². The van der Waals surface area contributed by atoms with Crippen LogP contribution in [0.4, 0.5) is 4.39 Å². The van der Waals surface area contributed by atoms with Crippen LogP contribution >= 0.6 is 11.3 Å². The second-order valence-corrected chi connectivity index (χ2v) is 6.74. The Morgan fingerprint density at radius 1 is 1.43 bits per heavy atom. The Labute approximate surface area is 129 Å². The van der Waals surface area contributed by atoms with E-state index in [-0.39, 0.29) is 5.82 Å². The summed E-state index contributed by atoms with van der Waals surface area (Å²) in [5.74, 6) is -0.170. The minimum Gasteiger partial charge on any atom is -0.309 e. The number of aromatic nitrogens is 1. The van der Waals surface area contributed by atoms with Crippen LogP contribution in [0.3, 0.4) is 0 Å². The fourth-order valence-electron chi connectivity index (χ4n) is 2.88. The molecule has 0 radical (unpaired) electrons. The van der Waals surface area contributed by atoms with Crippen molar-refractivity contribution in [3.05, 3.63) is 51.2 Å². The molecule has 0 spiro atoms. The molecular formula is C17H21FN2S. The van der Waals surface area contributed by atoms with Crippen molar-refractivity contribution in [2.45, 2.75) is 45.1 Å². The Bertz CT molecular complexity index is 609. The molecule has 0 saturated heterocycles. The zero-order chi connectivity index (χ0) is 14.7. The molecule has 0 bridgehead atoms. The first-order valence-electron chi connectivity index (χ1n) is 7.72. The minimum absolute atomic E-state index is 0.170. The first-order chi connectivity index (χ1) is 10.3. The predicted octanol–water partition coefficient (Wildman–Crippen LogP) is 4.25. The fraction of sp³-hybridized carbons (Fsp3) is 0.471. The molecule has 0 aliphatic heterocycles. The Morgan fingerprint density at radius 3 is 3.14 bits per heavy atom. The quantitative estimate of drug-likeness (QED) is 0.893. The molecule has 112 valence electrons. The Hall–Kier alpha value is -1.26. The largest absolute Gasteiger partial charge is 0.309 e. The van der Waals surface area contributed by atoms with Gasteiger partial charge < -0.3 is 5.32 Å². The second kappa shape index (κ2) is 6.67. The highest BCUT2D eigenvalue weighted by Crippen LogP contribution is 2.34. The second-order valence-electron chi connectivity index (χ2n) is 5.62. The Morgan fingerprint density at radius 2 is 2.33 bits per heavy atom. The molecule has 1 aromatic heterocycles. The molecule has 1 heterocycles. The molecular weight excluding hydrogens is 283 g/mol. The van der Waals surface area contributed by atoms with Crippen LogP contribution in [0.2, 0.25) is 0 Å². The summed E-state index contributed by atoms with van der Waals surface area (Å²) in [5, 5.41) is 4.73. The van der Waals surface area contributed by atoms with Gasteiger partial charge in [-0.1, -0.05) is 19.1 Å². The maximum absolute atomic E-state index is 13.3. The highest BCUT2D eigenvalue weighted by atomic mass is 32.1. The summed E-state index contributed by atoms with van der Waals surface area (Å²) in [7, 11) is 0. The first-order valence-corrected chi connectivity index (χ1v) is 8.54. The number of nitrogens with one attached hydrogen (secondary N) is 1. The summed E-state index contributed by atoms with van der Waals surface area (Å²) in [5.41, 5.74) is 2.26. The molecule has 1 atom stereocenters. The molecule has 1 unspecified atom stereocenters. The molecule has 0 fully saturated rings. The van der Waals surface area contributed by atoms with Crippen molar-refractivity contribution in [3.63, 3.8) is 0 Å². The molecule has 21 heavy (non-hydrogen) atoms. The number of aryl methyl sites for hydroxylation is 1. The lowest BCUT2D eigenvalue weighted by Gasteiger charge is -2.22. The Kier molecular flexibility index (Phi) is 4.66. The number of fused-ring (bicyclic) bond motifs is 1. The van der Waals surface area contributed by atoms with Gasteiger partial charge in [0.25, 0.3) is 0 Å². The van der Waals surface area contributed by atoms with E-state index in [1.54, 1.807) is 23.5 Å². The van der Waals surface area contributed by atoms with Crippen molar-refractivity contribution in [1.82, 2.24) is 10.3 Å². The summed E-state index contributed by atoms with van der Waals surface area (Å²) in [6.07, 6.45) is 5.38. The topological polar surface area (TPSA) is 24.9 Å². The van der Waals surface area contributed by atoms with Crippen molar-refractivity contribution < 1.29 is 4.39 Å². The van der Waals surface area contributed by atoms with Crippen molar-refractivity contribution in [3.8, 4) is 0 Å². The standard InChI is InChI=1S/C17H21FN2S/c1-2-9-19-14-7-4-8-15-17(14)21-16(20-15)11-12-5-3-6-13(18)10-12/h3,5-6,10,14,19H,2,4,7-9,11H2,1H3. The van der Waals surface area contributed by atoms with Gasteiger partial charge in [-0.2, -0.15) is 0 Å². The number of nitrogens with zero attached hydrogens (tertiary/aromatic N) is 1. The lowest BCUT2D eigenvalue weighted by atomic mass is 9.98. The molecule has 1 aromatic carbocycles. The van der Waals surface area contributed by atoms with Gasteiger partial charge in [-0.3, -0.25) is 0 Å². The average Bonchev–Trinajstić information content (AvgIpc) is 2.88. The zero-order valence-corrected chi connectivity index (χ0v) is 13.2. The number of hydrogen-bond acceptors (Lipinski definition) is 3. The van der Waals surface area contributed by atoms with Crippen molar-refractivity contribution in [1.29, 1.82) is 0 Å². The lowest BCUT2D eigenvalue weighted by molar-refractivity contribution is 0.464. The SMILES string of the molecule is CCCNC1CCCc2nc(Cc3cccc(F)c3)sc21. The van der Waals surface area contributed by atoms with Gasteiger partial charge in [0.1, 0.15) is 5.82 Å². The van der Waals surface area contributed by atoms with E-state index >= 15 is 0 Å².